The van der Waals surface area contributed by atoms with Gasteiger partial charge in [0.25, 0.3) is 0 Å². The number of hydrogen-bond acceptors (Lipinski definition) is 8. The van der Waals surface area contributed by atoms with E-state index in [0.29, 0.717) is 0 Å². The molecule has 78 valence electrons. The van der Waals surface area contributed by atoms with Gasteiger partial charge in [-0.25, -0.2) is 0 Å². The van der Waals surface area contributed by atoms with Crippen LogP contribution >= 0.6 is 17.2 Å². The van der Waals surface area contributed by atoms with Crippen LogP contribution in [0.1, 0.15) is 0 Å². The van der Waals surface area contributed by atoms with Crippen molar-refractivity contribution in [1.82, 2.24) is 5.32 Å². The maximum atomic E-state index is 10.5. The molecule has 0 heterocycles. The van der Waals surface area contributed by atoms with Gasteiger partial charge in [-0.15, -0.1) is 0 Å². The zero-order valence-corrected chi connectivity index (χ0v) is 8.11. The fourth-order valence-corrected chi connectivity index (χ4v) is 0.833. The Morgan fingerprint density at radius 3 is 2.31 bits per heavy atom. The standard InChI is InChI=1S/C3H9NO7P2/c5-3(11-13(8)9)1-4-2-10-12(6)7/h4,6-9H,1-2H2. The van der Waals surface area contributed by atoms with Gasteiger partial charge in [0.2, 0.25) is 0 Å². The maximum Gasteiger partial charge on any atom is 0.393 e. The molecule has 0 aromatic heterocycles. The second-order valence-electron chi connectivity index (χ2n) is 1.67. The summed E-state index contributed by atoms with van der Waals surface area (Å²) in [5, 5.41) is 2.31. The highest BCUT2D eigenvalue weighted by Crippen LogP contribution is 2.24. The average Bonchev–Trinajstić information content (AvgIpc) is 1.96. The van der Waals surface area contributed by atoms with Gasteiger partial charge in [-0.05, 0) is 0 Å². The van der Waals surface area contributed by atoms with Crippen LogP contribution in [-0.2, 0) is 13.8 Å². The van der Waals surface area contributed by atoms with E-state index >= 15 is 0 Å². The Morgan fingerprint density at radius 1 is 1.23 bits per heavy atom. The van der Waals surface area contributed by atoms with Gasteiger partial charge in [0.05, 0.1) is 6.54 Å². The third-order valence-corrected chi connectivity index (χ3v) is 1.46. The number of carbonyl (C=O) groups is 1. The van der Waals surface area contributed by atoms with Gasteiger partial charge in [-0.3, -0.25) is 14.6 Å². The van der Waals surface area contributed by atoms with Crippen molar-refractivity contribution in [2.75, 3.05) is 13.3 Å². The van der Waals surface area contributed by atoms with Crippen LogP contribution in [0.2, 0.25) is 0 Å². The first-order valence-corrected chi connectivity index (χ1v) is 5.25. The van der Waals surface area contributed by atoms with Crippen LogP contribution in [0, 0.1) is 0 Å². The molecule has 0 aliphatic heterocycles. The second kappa shape index (κ2) is 7.49. The molecule has 0 spiro atoms. The predicted molar refractivity (Wildman–Crippen MR) is 42.8 cm³/mol. The third-order valence-electron chi connectivity index (χ3n) is 0.735. The fourth-order valence-electron chi connectivity index (χ4n) is 0.380. The van der Waals surface area contributed by atoms with Gasteiger partial charge in [0.1, 0.15) is 6.73 Å². The Balaban J connectivity index is 3.27. The van der Waals surface area contributed by atoms with Crippen LogP contribution in [0.3, 0.4) is 0 Å². The summed E-state index contributed by atoms with van der Waals surface area (Å²) < 4.78 is 8.19. The highest BCUT2D eigenvalue weighted by molar-refractivity contribution is 7.40. The number of hydrogen-bond donors (Lipinski definition) is 5. The first-order valence-electron chi connectivity index (χ1n) is 2.92. The lowest BCUT2D eigenvalue weighted by Gasteiger charge is -2.06. The number of rotatable bonds is 6. The van der Waals surface area contributed by atoms with E-state index in [2.05, 4.69) is 14.4 Å². The maximum absolute atomic E-state index is 10.5. The molecule has 0 bridgehead atoms. The first-order chi connectivity index (χ1) is 6.02. The van der Waals surface area contributed by atoms with Crippen molar-refractivity contribution in [3.63, 3.8) is 0 Å². The SMILES string of the molecule is O=C(CNCOP(O)O)OP(O)O. The zero-order valence-electron chi connectivity index (χ0n) is 6.32. The number of nitrogens with one attached hydrogen (secondary N) is 1. The van der Waals surface area contributed by atoms with Crippen LogP contribution in [-0.4, -0.2) is 38.8 Å². The normalized spacial score (nSPS) is 10.9. The lowest BCUT2D eigenvalue weighted by molar-refractivity contribution is -0.134. The van der Waals surface area contributed by atoms with Crippen molar-refractivity contribution < 1.29 is 33.4 Å². The molecule has 0 radical (unpaired) electrons. The summed E-state index contributed by atoms with van der Waals surface area (Å²) in [4.78, 5) is 43.4. The molecular weight excluding hydrogens is 224 g/mol. The van der Waals surface area contributed by atoms with Crippen LogP contribution in [0.15, 0.2) is 0 Å². The van der Waals surface area contributed by atoms with Gasteiger partial charge in [-0.2, -0.15) is 0 Å². The molecule has 5 N–H and O–H groups in total. The second-order valence-corrected chi connectivity index (χ2v) is 3.12. The Hall–Kier alpha value is 0.0900. The van der Waals surface area contributed by atoms with Gasteiger partial charge >= 0.3 is 23.2 Å². The molecule has 0 rings (SSSR count). The molecule has 0 unspecified atom stereocenters. The summed E-state index contributed by atoms with van der Waals surface area (Å²) in [5.41, 5.74) is 0. The van der Waals surface area contributed by atoms with Crippen molar-refractivity contribution in [2.45, 2.75) is 0 Å². The molecule has 0 saturated carbocycles. The summed E-state index contributed by atoms with van der Waals surface area (Å²) in [6.07, 6.45) is 0. The molecular formula is C3H9NO7P2. The van der Waals surface area contributed by atoms with E-state index in [1.165, 1.54) is 0 Å². The van der Waals surface area contributed by atoms with E-state index in [1.54, 1.807) is 0 Å². The predicted octanol–water partition coefficient (Wildman–Crippen LogP) is -1.48. The molecule has 0 amide bonds. The van der Waals surface area contributed by atoms with Crippen molar-refractivity contribution in [1.29, 1.82) is 0 Å². The highest BCUT2D eigenvalue weighted by Gasteiger charge is 2.08. The van der Waals surface area contributed by atoms with E-state index in [-0.39, 0.29) is 13.3 Å². The molecule has 13 heavy (non-hydrogen) atoms. The quantitative estimate of drug-likeness (QED) is 0.213. The highest BCUT2D eigenvalue weighted by atomic mass is 31.2. The molecule has 0 saturated heterocycles. The summed E-state index contributed by atoms with van der Waals surface area (Å²) in [5.74, 6) is -0.875. The van der Waals surface area contributed by atoms with Gasteiger partial charge < -0.3 is 24.1 Å². The minimum Gasteiger partial charge on any atom is -0.393 e. The molecule has 0 aliphatic rings. The summed E-state index contributed by atoms with van der Waals surface area (Å²) in [6, 6.07) is 0. The van der Waals surface area contributed by atoms with Crippen molar-refractivity contribution in [3.8, 4) is 0 Å². The Bertz CT molecular complexity index is 153. The smallest absolute Gasteiger partial charge is 0.393 e. The van der Waals surface area contributed by atoms with Crippen LogP contribution < -0.4 is 5.32 Å². The monoisotopic (exact) mass is 233 g/mol. The fraction of sp³-hybridized carbons (Fsp3) is 0.667. The van der Waals surface area contributed by atoms with E-state index in [9.17, 15) is 4.79 Å². The van der Waals surface area contributed by atoms with Crippen LogP contribution in [0.25, 0.3) is 0 Å². The van der Waals surface area contributed by atoms with Crippen molar-refractivity contribution in [2.24, 2.45) is 0 Å². The zero-order chi connectivity index (χ0) is 10.3. The molecule has 0 aromatic rings. The Kier molecular flexibility index (Phi) is 7.54. The molecule has 0 aliphatic carbocycles. The van der Waals surface area contributed by atoms with E-state index in [0.717, 1.165) is 0 Å². The lowest BCUT2D eigenvalue weighted by Crippen LogP contribution is -2.25. The Labute approximate surface area is 76.1 Å². The van der Waals surface area contributed by atoms with E-state index in [1.807, 2.05) is 0 Å². The molecule has 10 heteroatoms. The van der Waals surface area contributed by atoms with E-state index in [4.69, 9.17) is 19.6 Å². The summed E-state index contributed by atoms with van der Waals surface area (Å²) in [7, 11) is -5.16. The van der Waals surface area contributed by atoms with E-state index < -0.39 is 23.2 Å². The van der Waals surface area contributed by atoms with Crippen molar-refractivity contribution >= 4 is 23.2 Å². The van der Waals surface area contributed by atoms with Crippen LogP contribution in [0.4, 0.5) is 0 Å². The largest absolute Gasteiger partial charge is 0.393 e. The topological polar surface area (TPSA) is 128 Å². The van der Waals surface area contributed by atoms with Crippen LogP contribution in [0.5, 0.6) is 0 Å². The molecule has 0 aromatic carbocycles. The van der Waals surface area contributed by atoms with Crippen molar-refractivity contribution in [3.05, 3.63) is 0 Å². The number of carbonyl (C=O) groups excluding carboxylic acids is 1. The average molecular weight is 233 g/mol. The molecule has 0 atom stereocenters. The minimum atomic E-state index is -2.70. The van der Waals surface area contributed by atoms with Gasteiger partial charge in [0.15, 0.2) is 0 Å². The Morgan fingerprint density at radius 2 is 1.85 bits per heavy atom. The van der Waals surface area contributed by atoms with Gasteiger partial charge in [0, 0.05) is 0 Å². The van der Waals surface area contributed by atoms with Gasteiger partial charge in [-0.1, -0.05) is 0 Å². The first kappa shape index (κ1) is 13.1. The summed E-state index contributed by atoms with van der Waals surface area (Å²) >= 11 is 0. The molecule has 8 nitrogen and oxygen atoms in total. The minimum absolute atomic E-state index is 0.247. The molecule has 0 fully saturated rings. The third kappa shape index (κ3) is 10.0. The lowest BCUT2D eigenvalue weighted by atomic mass is 10.7. The summed E-state index contributed by atoms with van der Waals surface area (Å²) in [6.45, 7) is -0.564.